The van der Waals surface area contributed by atoms with E-state index in [-0.39, 0.29) is 11.6 Å². The lowest BCUT2D eigenvalue weighted by molar-refractivity contribution is 0.572. The van der Waals surface area contributed by atoms with Gasteiger partial charge in [-0.1, -0.05) is 47.6 Å². The summed E-state index contributed by atoms with van der Waals surface area (Å²) in [6.45, 7) is 0. The summed E-state index contributed by atoms with van der Waals surface area (Å²) in [6.07, 6.45) is 3.85. The number of anilines is 2. The minimum absolute atomic E-state index is 0.308. The van der Waals surface area contributed by atoms with Crippen LogP contribution in [-0.4, -0.2) is 30.4 Å². The van der Waals surface area contributed by atoms with Crippen molar-refractivity contribution in [3.05, 3.63) is 79.9 Å². The molecular weight excluding hydrogens is 362 g/mol. The number of benzene rings is 1. The average Bonchev–Trinajstić information content (AvgIpc) is 3.39. The zero-order chi connectivity index (χ0) is 18.2. The molecule has 0 aliphatic carbocycles. The molecule has 4 aromatic rings. The van der Waals surface area contributed by atoms with E-state index in [1.165, 1.54) is 0 Å². The van der Waals surface area contributed by atoms with Gasteiger partial charge in [0.1, 0.15) is 11.7 Å². The molecule has 1 atom stereocenters. The first-order valence-electron chi connectivity index (χ1n) is 8.25. The Kier molecular flexibility index (Phi) is 3.65. The van der Waals surface area contributed by atoms with Crippen LogP contribution >= 0.6 is 11.3 Å². The summed E-state index contributed by atoms with van der Waals surface area (Å²) in [7, 11) is 0. The highest BCUT2D eigenvalue weighted by Crippen LogP contribution is 2.39. The molecule has 5 rings (SSSR count). The SMILES string of the molecule is O=c1[nH]nc(/C=C/c2ccccc2)c2c1Nc1nnnn1[C@@H]2c1cccs1. The third-order valence-corrected chi connectivity index (χ3v) is 5.27. The van der Waals surface area contributed by atoms with Crippen molar-refractivity contribution in [2.24, 2.45) is 0 Å². The van der Waals surface area contributed by atoms with Crippen molar-refractivity contribution in [2.75, 3.05) is 5.32 Å². The van der Waals surface area contributed by atoms with Crippen molar-refractivity contribution in [1.82, 2.24) is 30.4 Å². The van der Waals surface area contributed by atoms with Crippen LogP contribution in [0.5, 0.6) is 0 Å². The molecule has 0 amide bonds. The Morgan fingerprint density at radius 1 is 1.11 bits per heavy atom. The van der Waals surface area contributed by atoms with Gasteiger partial charge in [-0.2, -0.15) is 9.78 Å². The van der Waals surface area contributed by atoms with Crippen LogP contribution in [0.1, 0.15) is 27.7 Å². The smallest absolute Gasteiger partial charge is 0.288 e. The molecule has 1 aromatic carbocycles. The number of nitrogens with zero attached hydrogens (tertiary/aromatic N) is 5. The maximum Gasteiger partial charge on any atom is 0.288 e. The van der Waals surface area contributed by atoms with Crippen LogP contribution in [0.25, 0.3) is 12.2 Å². The average molecular weight is 375 g/mol. The van der Waals surface area contributed by atoms with E-state index in [0.717, 1.165) is 16.0 Å². The van der Waals surface area contributed by atoms with Crippen molar-refractivity contribution in [3.8, 4) is 0 Å². The van der Waals surface area contributed by atoms with E-state index < -0.39 is 0 Å². The number of tetrazole rings is 1. The summed E-state index contributed by atoms with van der Waals surface area (Å²) in [4.78, 5) is 13.5. The highest BCUT2D eigenvalue weighted by molar-refractivity contribution is 7.10. The Bertz CT molecular complexity index is 1180. The molecule has 0 unspecified atom stereocenters. The van der Waals surface area contributed by atoms with Crippen LogP contribution in [0.15, 0.2) is 52.6 Å². The van der Waals surface area contributed by atoms with Gasteiger partial charge in [0.25, 0.3) is 5.56 Å². The van der Waals surface area contributed by atoms with Gasteiger partial charge in [0, 0.05) is 10.4 Å². The molecule has 1 aliphatic heterocycles. The molecule has 27 heavy (non-hydrogen) atoms. The second-order valence-electron chi connectivity index (χ2n) is 5.96. The maximum absolute atomic E-state index is 12.5. The summed E-state index contributed by atoms with van der Waals surface area (Å²) in [5.41, 5.74) is 2.54. The van der Waals surface area contributed by atoms with Gasteiger partial charge in [-0.25, -0.2) is 5.10 Å². The first kappa shape index (κ1) is 15.6. The lowest BCUT2D eigenvalue weighted by atomic mass is 10.00. The van der Waals surface area contributed by atoms with Crippen LogP contribution in [0.2, 0.25) is 0 Å². The molecular formula is C18H13N7OS. The van der Waals surface area contributed by atoms with Crippen molar-refractivity contribution in [2.45, 2.75) is 6.04 Å². The van der Waals surface area contributed by atoms with E-state index in [4.69, 9.17) is 0 Å². The van der Waals surface area contributed by atoms with Crippen molar-refractivity contribution in [3.63, 3.8) is 0 Å². The third-order valence-electron chi connectivity index (χ3n) is 4.34. The fourth-order valence-corrected chi connectivity index (χ4v) is 3.96. The number of aromatic amines is 1. The standard InChI is InChI=1S/C18H13N7OS/c26-17-15-14(12(20-21-17)9-8-11-5-2-1-3-6-11)16(13-7-4-10-27-13)25-18(19-15)22-23-24-25/h1-10,16H,(H,21,26)(H,19,22,24)/b9-8+/t16-/m1/s1. The highest BCUT2D eigenvalue weighted by atomic mass is 32.1. The van der Waals surface area contributed by atoms with Gasteiger partial charge in [-0.3, -0.25) is 4.79 Å². The minimum Gasteiger partial charge on any atom is -0.318 e. The summed E-state index contributed by atoms with van der Waals surface area (Å²) in [6, 6.07) is 13.6. The Hall–Kier alpha value is -3.59. The van der Waals surface area contributed by atoms with Gasteiger partial charge in [-0.15, -0.1) is 11.3 Å². The molecule has 0 fully saturated rings. The summed E-state index contributed by atoms with van der Waals surface area (Å²) in [5.74, 6) is 0.426. The van der Waals surface area contributed by atoms with Crippen molar-refractivity contribution < 1.29 is 0 Å². The van der Waals surface area contributed by atoms with Gasteiger partial charge in [-0.05, 0) is 33.5 Å². The molecule has 0 saturated heterocycles. The van der Waals surface area contributed by atoms with Crippen LogP contribution in [-0.2, 0) is 0 Å². The van der Waals surface area contributed by atoms with E-state index in [1.807, 2.05) is 60.0 Å². The number of rotatable bonds is 3. The maximum atomic E-state index is 12.5. The number of thiophene rings is 1. The van der Waals surface area contributed by atoms with Gasteiger partial charge < -0.3 is 5.32 Å². The number of nitrogens with one attached hydrogen (secondary N) is 2. The molecule has 0 bridgehead atoms. The molecule has 0 radical (unpaired) electrons. The largest absolute Gasteiger partial charge is 0.318 e. The second-order valence-corrected chi connectivity index (χ2v) is 6.94. The van der Waals surface area contributed by atoms with E-state index in [2.05, 4.69) is 31.0 Å². The van der Waals surface area contributed by atoms with Crippen LogP contribution < -0.4 is 10.9 Å². The molecule has 9 heteroatoms. The minimum atomic E-state index is -0.323. The molecule has 2 N–H and O–H groups in total. The van der Waals surface area contributed by atoms with Crippen molar-refractivity contribution in [1.29, 1.82) is 0 Å². The first-order chi connectivity index (χ1) is 13.3. The van der Waals surface area contributed by atoms with E-state index in [0.29, 0.717) is 17.3 Å². The second kappa shape index (κ2) is 6.29. The summed E-state index contributed by atoms with van der Waals surface area (Å²) < 4.78 is 1.68. The summed E-state index contributed by atoms with van der Waals surface area (Å²) in [5, 5.41) is 23.7. The van der Waals surface area contributed by atoms with E-state index >= 15 is 0 Å². The van der Waals surface area contributed by atoms with Crippen LogP contribution in [0.3, 0.4) is 0 Å². The zero-order valence-electron chi connectivity index (χ0n) is 13.9. The first-order valence-corrected chi connectivity index (χ1v) is 9.13. The molecule has 132 valence electrons. The highest BCUT2D eigenvalue weighted by Gasteiger charge is 2.33. The van der Waals surface area contributed by atoms with Gasteiger partial charge in [0.15, 0.2) is 0 Å². The normalized spacial score (nSPS) is 15.3. The lowest BCUT2D eigenvalue weighted by Crippen LogP contribution is -2.28. The molecule has 1 aliphatic rings. The fraction of sp³-hybridized carbons (Fsp3) is 0.0556. The Labute approximate surface area is 157 Å². The van der Waals surface area contributed by atoms with Gasteiger partial charge in [0.05, 0.1) is 5.69 Å². The predicted octanol–water partition coefficient (Wildman–Crippen LogP) is 2.68. The molecule has 8 nitrogen and oxygen atoms in total. The van der Waals surface area contributed by atoms with Gasteiger partial charge >= 0.3 is 0 Å². The van der Waals surface area contributed by atoms with Crippen LogP contribution in [0, 0.1) is 0 Å². The number of aromatic nitrogens is 6. The Morgan fingerprint density at radius 3 is 2.81 bits per heavy atom. The fourth-order valence-electron chi connectivity index (χ4n) is 3.14. The Balaban J connectivity index is 1.71. The topological polar surface area (TPSA) is 101 Å². The third kappa shape index (κ3) is 2.64. The van der Waals surface area contributed by atoms with Gasteiger partial charge in [0.2, 0.25) is 5.95 Å². The zero-order valence-corrected chi connectivity index (χ0v) is 14.7. The molecule has 3 aromatic heterocycles. The van der Waals surface area contributed by atoms with Crippen molar-refractivity contribution >= 4 is 35.1 Å². The predicted molar refractivity (Wildman–Crippen MR) is 103 cm³/mol. The number of hydrogen-bond donors (Lipinski definition) is 2. The van der Waals surface area contributed by atoms with E-state index in [1.54, 1.807) is 16.0 Å². The molecule has 0 spiro atoms. The monoisotopic (exact) mass is 375 g/mol. The molecule has 4 heterocycles. The lowest BCUT2D eigenvalue weighted by Gasteiger charge is -2.26. The number of fused-ring (bicyclic) bond motifs is 2. The quantitative estimate of drug-likeness (QED) is 0.503. The molecule has 0 saturated carbocycles. The number of hydrogen-bond acceptors (Lipinski definition) is 7. The summed E-state index contributed by atoms with van der Waals surface area (Å²) >= 11 is 1.58. The van der Waals surface area contributed by atoms with E-state index in [9.17, 15) is 4.79 Å². The number of H-pyrrole nitrogens is 1. The Morgan fingerprint density at radius 2 is 2.00 bits per heavy atom. The van der Waals surface area contributed by atoms with Crippen LogP contribution in [0.4, 0.5) is 11.6 Å².